The van der Waals surface area contributed by atoms with Crippen molar-refractivity contribution in [3.8, 4) is 22.8 Å². The summed E-state index contributed by atoms with van der Waals surface area (Å²) in [5.41, 5.74) is 5.48. The molecule has 4 aromatic rings. The molecule has 7 nitrogen and oxygen atoms in total. The first-order valence-electron chi connectivity index (χ1n) is 9.88. The molecule has 0 atom stereocenters. The van der Waals surface area contributed by atoms with Gasteiger partial charge in [-0.2, -0.15) is 5.10 Å². The second kappa shape index (κ2) is 9.93. The van der Waals surface area contributed by atoms with Crippen LogP contribution in [0, 0.1) is 0 Å². The van der Waals surface area contributed by atoms with Crippen LogP contribution >= 0.6 is 11.8 Å². The highest BCUT2D eigenvalue weighted by molar-refractivity contribution is 8.15. The first-order chi connectivity index (χ1) is 15.7. The first-order valence-corrected chi connectivity index (χ1v) is 10.7. The molecule has 0 saturated carbocycles. The Kier molecular flexibility index (Phi) is 6.62. The van der Waals surface area contributed by atoms with Crippen LogP contribution in [0.4, 0.5) is 5.69 Å². The predicted octanol–water partition coefficient (Wildman–Crippen LogP) is 5.05. The van der Waals surface area contributed by atoms with Crippen LogP contribution in [0.15, 0.2) is 95.2 Å². The fourth-order valence-corrected chi connectivity index (χ4v) is 3.73. The quantitative estimate of drug-likeness (QED) is 0.186. The van der Waals surface area contributed by atoms with E-state index in [-0.39, 0.29) is 10.8 Å². The van der Waals surface area contributed by atoms with Crippen LogP contribution < -0.4 is 10.2 Å². The Hall–Kier alpha value is -3.91. The smallest absolute Gasteiger partial charge is 0.202 e. The molecule has 1 heterocycles. The van der Waals surface area contributed by atoms with E-state index >= 15 is 0 Å². The Morgan fingerprint density at radius 3 is 2.22 bits per heavy atom. The lowest BCUT2D eigenvalue weighted by atomic mass is 10.2. The van der Waals surface area contributed by atoms with Gasteiger partial charge in [-0.15, -0.1) is 10.2 Å². The molecule has 8 heteroatoms. The number of nitrogens with one attached hydrogen (secondary N) is 1. The van der Waals surface area contributed by atoms with E-state index in [1.165, 1.54) is 6.92 Å². The molecule has 0 spiro atoms. The number of methoxy groups -OCH3 is 1. The van der Waals surface area contributed by atoms with Gasteiger partial charge in [0, 0.05) is 18.2 Å². The van der Waals surface area contributed by atoms with E-state index in [2.05, 4.69) is 20.7 Å². The maximum Gasteiger partial charge on any atom is 0.202 e. The number of hydrogen-bond acceptors (Lipinski definition) is 7. The van der Waals surface area contributed by atoms with Crippen molar-refractivity contribution in [2.75, 3.05) is 12.5 Å². The zero-order valence-corrected chi connectivity index (χ0v) is 18.4. The van der Waals surface area contributed by atoms with Crippen LogP contribution in [0.2, 0.25) is 0 Å². The highest BCUT2D eigenvalue weighted by atomic mass is 32.2. The maximum absolute atomic E-state index is 12.3. The molecular weight excluding hydrogens is 422 g/mol. The Bertz CT molecular complexity index is 1220. The number of ketones is 1. The van der Waals surface area contributed by atoms with Crippen LogP contribution in [-0.4, -0.2) is 32.7 Å². The van der Waals surface area contributed by atoms with Crippen LogP contribution in [0.5, 0.6) is 5.75 Å². The molecular formula is C24H21N5O2S. The summed E-state index contributed by atoms with van der Waals surface area (Å²) in [6.07, 6.45) is 0. The molecule has 4 rings (SSSR count). The molecule has 3 aromatic carbocycles. The molecule has 1 N–H and O–H groups in total. The minimum absolute atomic E-state index is 0.181. The topological polar surface area (TPSA) is 81.4 Å². The zero-order valence-electron chi connectivity index (χ0n) is 17.6. The molecule has 0 unspecified atom stereocenters. The molecule has 0 aliphatic heterocycles. The summed E-state index contributed by atoms with van der Waals surface area (Å²) in [6.45, 7) is 1.48. The third kappa shape index (κ3) is 4.87. The van der Waals surface area contributed by atoms with E-state index < -0.39 is 0 Å². The summed E-state index contributed by atoms with van der Waals surface area (Å²) in [5, 5.41) is 13.9. The molecule has 160 valence electrons. The summed E-state index contributed by atoms with van der Waals surface area (Å²) in [4.78, 5) is 12.3. The van der Waals surface area contributed by atoms with Gasteiger partial charge in [0.15, 0.2) is 16.7 Å². The number of rotatable bonds is 7. The Morgan fingerprint density at radius 1 is 0.938 bits per heavy atom. The standard InChI is InChI=1S/C24H21N5O2S/c1-17(30)23(27-25-19-13-15-21(31-2)16-14-19)32-24-28-26-22(18-9-5-3-6-10-18)29(24)20-11-7-4-8-12-20/h3-16,25H,1-2H3/b27-23+. The van der Waals surface area contributed by atoms with Crippen molar-refractivity contribution < 1.29 is 9.53 Å². The number of carbonyl (C=O) groups is 1. The predicted molar refractivity (Wildman–Crippen MR) is 127 cm³/mol. The third-order valence-corrected chi connectivity index (χ3v) is 5.56. The third-order valence-electron chi connectivity index (χ3n) is 4.55. The largest absolute Gasteiger partial charge is 0.497 e. The first kappa shape index (κ1) is 21.3. The molecule has 0 aliphatic carbocycles. The van der Waals surface area contributed by atoms with Crippen LogP contribution in [0.3, 0.4) is 0 Å². The lowest BCUT2D eigenvalue weighted by molar-refractivity contribution is -0.110. The van der Waals surface area contributed by atoms with Gasteiger partial charge in [-0.3, -0.25) is 14.8 Å². The monoisotopic (exact) mass is 443 g/mol. The number of nitrogens with zero attached hydrogens (tertiary/aromatic N) is 4. The molecule has 32 heavy (non-hydrogen) atoms. The number of carbonyl (C=O) groups excluding carboxylic acids is 1. The van der Waals surface area contributed by atoms with Crippen molar-refractivity contribution in [1.82, 2.24) is 14.8 Å². The molecule has 0 radical (unpaired) electrons. The summed E-state index contributed by atoms with van der Waals surface area (Å²) < 4.78 is 7.09. The van der Waals surface area contributed by atoms with E-state index in [1.807, 2.05) is 89.5 Å². The van der Waals surface area contributed by atoms with E-state index in [4.69, 9.17) is 4.74 Å². The van der Waals surface area contributed by atoms with Gasteiger partial charge in [0.05, 0.1) is 12.8 Å². The number of hydrazone groups is 1. The number of ether oxygens (including phenoxy) is 1. The van der Waals surface area contributed by atoms with Crippen molar-refractivity contribution in [2.24, 2.45) is 5.10 Å². The van der Waals surface area contributed by atoms with Crippen molar-refractivity contribution in [1.29, 1.82) is 0 Å². The van der Waals surface area contributed by atoms with E-state index in [9.17, 15) is 4.79 Å². The number of thioether (sulfide) groups is 1. The number of anilines is 1. The number of aromatic nitrogens is 3. The van der Waals surface area contributed by atoms with Crippen LogP contribution in [0.1, 0.15) is 6.92 Å². The Balaban J connectivity index is 1.68. The Labute approximate surface area is 190 Å². The zero-order chi connectivity index (χ0) is 22.3. The fraction of sp³-hybridized carbons (Fsp3) is 0.0833. The number of benzene rings is 3. The van der Waals surface area contributed by atoms with Crippen molar-refractivity contribution in [2.45, 2.75) is 12.1 Å². The average molecular weight is 444 g/mol. The maximum atomic E-state index is 12.3. The molecule has 0 bridgehead atoms. The summed E-state index contributed by atoms with van der Waals surface area (Å²) >= 11 is 1.16. The molecule has 0 aliphatic rings. The van der Waals surface area contributed by atoms with Crippen molar-refractivity contribution in [3.05, 3.63) is 84.9 Å². The second-order valence-electron chi connectivity index (χ2n) is 6.76. The van der Waals surface area contributed by atoms with Gasteiger partial charge < -0.3 is 4.74 Å². The number of Topliss-reactive ketones (excluding diaryl/α,β-unsaturated/α-hetero) is 1. The van der Waals surface area contributed by atoms with E-state index in [0.29, 0.717) is 11.0 Å². The van der Waals surface area contributed by atoms with Crippen LogP contribution in [-0.2, 0) is 4.79 Å². The highest BCUT2D eigenvalue weighted by Crippen LogP contribution is 2.29. The minimum atomic E-state index is -0.181. The second-order valence-corrected chi connectivity index (χ2v) is 7.71. The van der Waals surface area contributed by atoms with Crippen molar-refractivity contribution in [3.63, 3.8) is 0 Å². The summed E-state index contributed by atoms with van der Waals surface area (Å²) in [6, 6.07) is 26.9. The van der Waals surface area contributed by atoms with Gasteiger partial charge in [0.25, 0.3) is 0 Å². The molecule has 0 fully saturated rings. The van der Waals surface area contributed by atoms with E-state index in [0.717, 1.165) is 34.4 Å². The number of para-hydroxylation sites is 1. The lowest BCUT2D eigenvalue weighted by Gasteiger charge is -2.10. The summed E-state index contributed by atoms with van der Waals surface area (Å²) in [5.74, 6) is 1.25. The van der Waals surface area contributed by atoms with E-state index in [1.54, 1.807) is 7.11 Å². The van der Waals surface area contributed by atoms with Gasteiger partial charge in [-0.25, -0.2) is 0 Å². The summed E-state index contributed by atoms with van der Waals surface area (Å²) in [7, 11) is 1.61. The van der Waals surface area contributed by atoms with Gasteiger partial charge in [0.2, 0.25) is 5.16 Å². The van der Waals surface area contributed by atoms with Gasteiger partial charge >= 0.3 is 0 Å². The van der Waals surface area contributed by atoms with Gasteiger partial charge in [-0.05, 0) is 48.2 Å². The molecule has 0 saturated heterocycles. The molecule has 1 aromatic heterocycles. The normalized spacial score (nSPS) is 11.2. The lowest BCUT2D eigenvalue weighted by Crippen LogP contribution is -2.10. The van der Waals surface area contributed by atoms with Gasteiger partial charge in [0.1, 0.15) is 5.75 Å². The van der Waals surface area contributed by atoms with Crippen LogP contribution in [0.25, 0.3) is 17.1 Å². The molecule has 0 amide bonds. The van der Waals surface area contributed by atoms with Gasteiger partial charge in [-0.1, -0.05) is 48.5 Å². The number of hydrogen-bond donors (Lipinski definition) is 1. The average Bonchev–Trinajstić information content (AvgIpc) is 3.26. The highest BCUT2D eigenvalue weighted by Gasteiger charge is 2.20. The fourth-order valence-electron chi connectivity index (χ4n) is 2.96. The Morgan fingerprint density at radius 2 is 1.59 bits per heavy atom. The minimum Gasteiger partial charge on any atom is -0.497 e. The van der Waals surface area contributed by atoms with Crippen molar-refractivity contribution >= 4 is 28.3 Å². The SMILES string of the molecule is COc1ccc(N/N=C(/Sc2nnc(-c3ccccc3)n2-c2ccccc2)C(C)=O)cc1.